The van der Waals surface area contributed by atoms with Crippen LogP contribution in [-0.2, 0) is 18.3 Å². The Kier molecular flexibility index (Phi) is 17.4. The van der Waals surface area contributed by atoms with Crippen molar-refractivity contribution in [2.75, 3.05) is 0 Å². The zero-order valence-electron chi connectivity index (χ0n) is 6.81. The van der Waals surface area contributed by atoms with Gasteiger partial charge in [0.2, 0.25) is 0 Å². The van der Waals surface area contributed by atoms with Crippen molar-refractivity contribution in [2.45, 2.75) is 39.0 Å². The van der Waals surface area contributed by atoms with Crippen molar-refractivity contribution < 1.29 is 18.3 Å². The molecule has 57 valence electrons. The van der Waals surface area contributed by atoms with Gasteiger partial charge in [-0.15, -0.1) is 24.0 Å². The van der Waals surface area contributed by atoms with E-state index in [2.05, 4.69) is 17.7 Å². The Balaban J connectivity index is 0. The predicted octanol–water partition coefficient (Wildman–Crippen LogP) is 3.64. The van der Waals surface area contributed by atoms with Crippen LogP contribution in [0, 0.1) is 0 Å². The average Bonchev–Trinajstić information content (AvgIpc) is 1.89. The van der Waals surface area contributed by atoms with Crippen LogP contribution in [0.4, 0.5) is 0 Å². The first-order valence-electron chi connectivity index (χ1n) is 3.86. The van der Waals surface area contributed by atoms with E-state index in [9.17, 15) is 0 Å². The minimum atomic E-state index is 0. The predicted molar refractivity (Wildman–Crippen MR) is 53.3 cm³/mol. The van der Waals surface area contributed by atoms with Crippen molar-refractivity contribution in [2.24, 2.45) is 0 Å². The number of unbranched alkanes of at least 4 members (excludes halogenated alkanes) is 4. The maximum Gasteiger partial charge on any atom is -0.107 e. The number of halogens is 1. The molecule has 0 saturated heterocycles. The van der Waals surface area contributed by atoms with Gasteiger partial charge in [0.05, 0.1) is 0 Å². The molecule has 0 aromatic carbocycles. The van der Waals surface area contributed by atoms with Crippen molar-refractivity contribution in [1.29, 1.82) is 0 Å². The summed E-state index contributed by atoms with van der Waals surface area (Å²) >= 11 is 1.31. The Morgan fingerprint density at radius 1 is 1.20 bits per heavy atom. The summed E-state index contributed by atoms with van der Waals surface area (Å²) in [6, 6.07) is 0. The maximum atomic E-state index is 2.30. The maximum absolute atomic E-state index is 2.30. The molecule has 0 atom stereocenters. The Labute approximate surface area is 91.5 Å². The molecule has 0 rings (SSSR count). The van der Waals surface area contributed by atoms with E-state index in [0.717, 1.165) is 0 Å². The number of hydrogen-bond donors (Lipinski definition) is 0. The molecule has 0 saturated carbocycles. The van der Waals surface area contributed by atoms with Gasteiger partial charge in [0.1, 0.15) is 0 Å². The largest absolute Gasteiger partial charge is 0.107 e. The van der Waals surface area contributed by atoms with E-state index in [4.69, 9.17) is 0 Å². The average molecular weight is 305 g/mol. The second-order valence-corrected chi connectivity index (χ2v) is 3.31. The van der Waals surface area contributed by atoms with Crippen LogP contribution in [0.1, 0.15) is 39.0 Å². The molecule has 0 radical (unpaired) electrons. The molecule has 0 N–H and O–H groups in total. The molecule has 0 bridgehead atoms. The van der Waals surface area contributed by atoms with Gasteiger partial charge in [0.15, 0.2) is 0 Å². The van der Waals surface area contributed by atoms with Crippen molar-refractivity contribution in [1.82, 2.24) is 0 Å². The molecule has 0 heterocycles. The van der Waals surface area contributed by atoms with Crippen LogP contribution in [0.5, 0.6) is 0 Å². The Morgan fingerprint density at radius 2 is 1.90 bits per heavy atom. The molecular weight excluding hydrogens is 288 g/mol. The third-order valence-corrected chi connectivity index (χ3v) is 2.09. The van der Waals surface area contributed by atoms with Gasteiger partial charge in [0, 0.05) is 0 Å². The summed E-state index contributed by atoms with van der Waals surface area (Å²) < 4.78 is 2.26. The van der Waals surface area contributed by atoms with Crippen molar-refractivity contribution >= 4 is 24.0 Å². The molecule has 0 aromatic rings. The molecule has 0 unspecified atom stereocenters. The second kappa shape index (κ2) is 12.7. The summed E-state index contributed by atoms with van der Waals surface area (Å²) in [5, 5.41) is 0. The molecular formula is C8H16IZn. The van der Waals surface area contributed by atoms with Crippen LogP contribution in [0.3, 0.4) is 0 Å². The quantitative estimate of drug-likeness (QED) is 0.413. The second-order valence-electron chi connectivity index (χ2n) is 2.32. The normalized spacial score (nSPS) is 9.90. The molecule has 0 aliphatic rings. The first-order valence-corrected chi connectivity index (χ1v) is 5.57. The summed E-state index contributed by atoms with van der Waals surface area (Å²) in [6.07, 6.45) is 9.18. The Bertz CT molecular complexity index is 71.7. The molecule has 0 fully saturated rings. The van der Waals surface area contributed by atoms with Gasteiger partial charge >= 0.3 is 68.1 Å². The zero-order valence-corrected chi connectivity index (χ0v) is 12.1. The fourth-order valence-electron chi connectivity index (χ4n) is 0.807. The molecule has 0 aliphatic heterocycles. The summed E-state index contributed by atoms with van der Waals surface area (Å²) in [6.45, 7) is 2.25. The number of hydrogen-bond acceptors (Lipinski definition) is 0. The monoisotopic (exact) mass is 303 g/mol. The van der Waals surface area contributed by atoms with Gasteiger partial charge in [-0.3, -0.25) is 0 Å². The van der Waals surface area contributed by atoms with Crippen LogP contribution >= 0.6 is 24.0 Å². The summed E-state index contributed by atoms with van der Waals surface area (Å²) in [5.74, 6) is 0. The number of allylic oxidation sites excluding steroid dienone is 1. The fraction of sp³-hybridized carbons (Fsp3) is 0.750. The van der Waals surface area contributed by atoms with Gasteiger partial charge in [-0.1, -0.05) is 0 Å². The van der Waals surface area contributed by atoms with Crippen molar-refractivity contribution in [3.8, 4) is 0 Å². The van der Waals surface area contributed by atoms with E-state index in [0.29, 0.717) is 0 Å². The van der Waals surface area contributed by atoms with E-state index in [1.807, 2.05) is 0 Å². The van der Waals surface area contributed by atoms with Crippen molar-refractivity contribution in [3.05, 3.63) is 10.7 Å². The molecule has 10 heavy (non-hydrogen) atoms. The first-order chi connectivity index (χ1) is 4.41. The van der Waals surface area contributed by atoms with Crippen LogP contribution in [0.15, 0.2) is 10.7 Å². The first kappa shape index (κ1) is 13.7. The van der Waals surface area contributed by atoms with E-state index >= 15 is 0 Å². The fourth-order valence-corrected chi connectivity index (χ4v) is 1.30. The third-order valence-electron chi connectivity index (χ3n) is 1.39. The molecule has 0 nitrogen and oxygen atoms in total. The summed E-state index contributed by atoms with van der Waals surface area (Å²) in [7, 11) is 0. The van der Waals surface area contributed by atoms with E-state index < -0.39 is 0 Å². The van der Waals surface area contributed by atoms with Gasteiger partial charge in [0.25, 0.3) is 0 Å². The minimum Gasteiger partial charge on any atom is -0.107 e. The Morgan fingerprint density at radius 3 is 2.40 bits per heavy atom. The summed E-state index contributed by atoms with van der Waals surface area (Å²) in [5.41, 5.74) is 0. The minimum absolute atomic E-state index is 0. The van der Waals surface area contributed by atoms with E-state index in [1.165, 1.54) is 50.4 Å². The van der Waals surface area contributed by atoms with Crippen LogP contribution < -0.4 is 0 Å². The standard InChI is InChI=1S/C8H15.HI.Zn/c1-3-5-7-8-6-4-2;;/h1,3H,4-8H2,2H3;1H;. The smallest absolute Gasteiger partial charge is 0.107 e. The van der Waals surface area contributed by atoms with Gasteiger partial charge < -0.3 is 0 Å². The van der Waals surface area contributed by atoms with Crippen LogP contribution in [0.2, 0.25) is 0 Å². The van der Waals surface area contributed by atoms with E-state index in [-0.39, 0.29) is 24.0 Å². The molecule has 0 amide bonds. The molecule has 2 heteroatoms. The third kappa shape index (κ3) is 11.8. The van der Waals surface area contributed by atoms with Gasteiger partial charge in [-0.05, 0) is 0 Å². The molecule has 0 spiro atoms. The topological polar surface area (TPSA) is 0 Å². The molecule has 0 aromatic heterocycles. The van der Waals surface area contributed by atoms with Crippen LogP contribution in [0.25, 0.3) is 0 Å². The SMILES string of the molecule is CCCCCCC=[CH][Zn].I. The zero-order chi connectivity index (χ0) is 6.95. The summed E-state index contributed by atoms with van der Waals surface area (Å²) in [4.78, 5) is 0. The van der Waals surface area contributed by atoms with Gasteiger partial charge in [-0.2, -0.15) is 0 Å². The van der Waals surface area contributed by atoms with Crippen LogP contribution in [-0.4, -0.2) is 0 Å². The van der Waals surface area contributed by atoms with Crippen molar-refractivity contribution in [3.63, 3.8) is 0 Å². The molecule has 0 aliphatic carbocycles. The number of rotatable bonds is 5. The van der Waals surface area contributed by atoms with Gasteiger partial charge in [-0.25, -0.2) is 0 Å². The Hall–Kier alpha value is 1.09. The van der Waals surface area contributed by atoms with E-state index in [1.54, 1.807) is 0 Å².